The maximum atomic E-state index is 12.4. The van der Waals surface area contributed by atoms with Gasteiger partial charge in [0.15, 0.2) is 5.82 Å². The van der Waals surface area contributed by atoms with E-state index in [1.807, 2.05) is 29.7 Å². The lowest BCUT2D eigenvalue weighted by Crippen LogP contribution is -2.33. The molecule has 132 valence electrons. The van der Waals surface area contributed by atoms with Gasteiger partial charge in [-0.1, -0.05) is 6.07 Å². The predicted molar refractivity (Wildman–Crippen MR) is 91.0 cm³/mol. The zero-order valence-electron chi connectivity index (χ0n) is 14.3. The van der Waals surface area contributed by atoms with Crippen molar-refractivity contribution in [2.45, 2.75) is 26.4 Å². The molecule has 1 N–H and O–H groups in total. The lowest BCUT2D eigenvalue weighted by atomic mass is 10.1. The SMILES string of the molecule is CCn1cnnc1CNC(=O)C1CC(=O)N(c2cccc(OC)c2)C1. The minimum absolute atomic E-state index is 0.0647. The summed E-state index contributed by atoms with van der Waals surface area (Å²) < 4.78 is 7.06. The van der Waals surface area contributed by atoms with Crippen LogP contribution < -0.4 is 15.0 Å². The standard InChI is InChI=1S/C17H21N5O3/c1-3-21-11-19-20-15(21)9-18-17(24)12-7-16(23)22(10-12)13-5-4-6-14(8-13)25-2/h4-6,8,11-12H,3,7,9-10H2,1-2H3,(H,18,24). The molecule has 3 rings (SSSR count). The molecule has 0 radical (unpaired) electrons. The van der Waals surface area contributed by atoms with E-state index in [1.54, 1.807) is 24.4 Å². The molecule has 2 amide bonds. The third-order valence-corrected chi connectivity index (χ3v) is 4.32. The topological polar surface area (TPSA) is 89.3 Å². The van der Waals surface area contributed by atoms with E-state index < -0.39 is 0 Å². The molecular weight excluding hydrogens is 322 g/mol. The Hall–Kier alpha value is -2.90. The van der Waals surface area contributed by atoms with Crippen molar-refractivity contribution in [3.8, 4) is 5.75 Å². The van der Waals surface area contributed by atoms with Gasteiger partial charge in [-0.25, -0.2) is 0 Å². The zero-order valence-corrected chi connectivity index (χ0v) is 14.3. The molecule has 1 unspecified atom stereocenters. The molecule has 0 bridgehead atoms. The van der Waals surface area contributed by atoms with E-state index in [9.17, 15) is 9.59 Å². The number of hydrogen-bond acceptors (Lipinski definition) is 5. The Morgan fingerprint density at radius 1 is 1.44 bits per heavy atom. The Morgan fingerprint density at radius 2 is 2.28 bits per heavy atom. The van der Waals surface area contributed by atoms with Crippen LogP contribution >= 0.6 is 0 Å². The molecular formula is C17H21N5O3. The summed E-state index contributed by atoms with van der Waals surface area (Å²) in [4.78, 5) is 26.3. The minimum atomic E-state index is -0.378. The van der Waals surface area contributed by atoms with Crippen LogP contribution in [0, 0.1) is 5.92 Å². The molecule has 1 fully saturated rings. The first kappa shape index (κ1) is 16.9. The van der Waals surface area contributed by atoms with Gasteiger partial charge in [0.25, 0.3) is 0 Å². The van der Waals surface area contributed by atoms with Crippen LogP contribution in [0.4, 0.5) is 5.69 Å². The Bertz CT molecular complexity index is 773. The summed E-state index contributed by atoms with van der Waals surface area (Å²) in [5, 5.41) is 10.7. The van der Waals surface area contributed by atoms with Crippen LogP contribution in [0.1, 0.15) is 19.2 Å². The van der Waals surface area contributed by atoms with Crippen LogP contribution in [0.3, 0.4) is 0 Å². The van der Waals surface area contributed by atoms with E-state index in [2.05, 4.69) is 15.5 Å². The van der Waals surface area contributed by atoms with Crippen molar-refractivity contribution < 1.29 is 14.3 Å². The first-order valence-corrected chi connectivity index (χ1v) is 8.21. The number of nitrogens with one attached hydrogen (secondary N) is 1. The first-order valence-electron chi connectivity index (χ1n) is 8.21. The second-order valence-corrected chi connectivity index (χ2v) is 5.86. The molecule has 0 aliphatic carbocycles. The molecule has 2 aromatic rings. The molecule has 8 heteroatoms. The Balaban J connectivity index is 1.62. The second kappa shape index (κ2) is 7.33. The van der Waals surface area contributed by atoms with Gasteiger partial charge in [-0.15, -0.1) is 10.2 Å². The predicted octanol–water partition coefficient (Wildman–Crippen LogP) is 0.976. The number of ether oxygens (including phenoxy) is 1. The summed E-state index contributed by atoms with van der Waals surface area (Å²) in [5.74, 6) is 0.785. The van der Waals surface area contributed by atoms with Gasteiger partial charge in [0, 0.05) is 31.3 Å². The van der Waals surface area contributed by atoms with Crippen LogP contribution in [-0.2, 0) is 22.7 Å². The van der Waals surface area contributed by atoms with Crippen molar-refractivity contribution in [1.82, 2.24) is 20.1 Å². The number of carbonyl (C=O) groups excluding carboxylic acids is 2. The van der Waals surface area contributed by atoms with Gasteiger partial charge in [-0.05, 0) is 19.1 Å². The van der Waals surface area contributed by atoms with Crippen LogP contribution in [0.5, 0.6) is 5.75 Å². The van der Waals surface area contributed by atoms with Gasteiger partial charge in [0.05, 0.1) is 19.6 Å². The van der Waals surface area contributed by atoms with Gasteiger partial charge in [-0.2, -0.15) is 0 Å². The minimum Gasteiger partial charge on any atom is -0.497 e. The summed E-state index contributed by atoms with van der Waals surface area (Å²) >= 11 is 0. The molecule has 1 aromatic carbocycles. The lowest BCUT2D eigenvalue weighted by molar-refractivity contribution is -0.126. The van der Waals surface area contributed by atoms with E-state index >= 15 is 0 Å². The summed E-state index contributed by atoms with van der Waals surface area (Å²) in [6.07, 6.45) is 1.83. The zero-order chi connectivity index (χ0) is 17.8. The van der Waals surface area contributed by atoms with E-state index in [-0.39, 0.29) is 24.2 Å². The fourth-order valence-electron chi connectivity index (χ4n) is 2.90. The maximum Gasteiger partial charge on any atom is 0.227 e. The summed E-state index contributed by atoms with van der Waals surface area (Å²) in [6, 6.07) is 7.27. The normalized spacial score (nSPS) is 17.0. The highest BCUT2D eigenvalue weighted by atomic mass is 16.5. The molecule has 25 heavy (non-hydrogen) atoms. The third-order valence-electron chi connectivity index (χ3n) is 4.32. The van der Waals surface area contributed by atoms with Crippen molar-refractivity contribution in [2.24, 2.45) is 5.92 Å². The number of aromatic nitrogens is 3. The summed E-state index contributed by atoms with van der Waals surface area (Å²) in [5.41, 5.74) is 0.741. The first-order chi connectivity index (χ1) is 12.1. The van der Waals surface area contributed by atoms with Crippen molar-refractivity contribution in [1.29, 1.82) is 0 Å². The highest BCUT2D eigenvalue weighted by molar-refractivity contribution is 6.00. The number of aryl methyl sites for hydroxylation is 1. The van der Waals surface area contributed by atoms with Crippen LogP contribution in [-0.4, -0.2) is 40.2 Å². The van der Waals surface area contributed by atoms with Gasteiger partial charge >= 0.3 is 0 Å². The number of methoxy groups -OCH3 is 1. The molecule has 1 aromatic heterocycles. The van der Waals surface area contributed by atoms with E-state index in [0.717, 1.165) is 12.2 Å². The number of benzene rings is 1. The second-order valence-electron chi connectivity index (χ2n) is 5.86. The van der Waals surface area contributed by atoms with Crippen molar-refractivity contribution in [3.05, 3.63) is 36.4 Å². The Labute approximate surface area is 145 Å². The number of rotatable bonds is 6. The molecule has 1 aliphatic heterocycles. The van der Waals surface area contributed by atoms with Crippen molar-refractivity contribution in [3.63, 3.8) is 0 Å². The Morgan fingerprint density at radius 3 is 3.04 bits per heavy atom. The number of hydrogen-bond donors (Lipinski definition) is 1. The molecule has 1 aliphatic rings. The van der Waals surface area contributed by atoms with Crippen molar-refractivity contribution in [2.75, 3.05) is 18.6 Å². The molecule has 8 nitrogen and oxygen atoms in total. The average molecular weight is 343 g/mol. The van der Waals surface area contributed by atoms with Gasteiger partial charge in [0.1, 0.15) is 12.1 Å². The van der Waals surface area contributed by atoms with Crippen LogP contribution in [0.25, 0.3) is 0 Å². The fraction of sp³-hybridized carbons (Fsp3) is 0.412. The van der Waals surface area contributed by atoms with Crippen LogP contribution in [0.2, 0.25) is 0 Å². The smallest absolute Gasteiger partial charge is 0.227 e. The van der Waals surface area contributed by atoms with Crippen LogP contribution in [0.15, 0.2) is 30.6 Å². The summed E-state index contributed by atoms with van der Waals surface area (Å²) in [6.45, 7) is 3.38. The number of anilines is 1. The van der Waals surface area contributed by atoms with E-state index in [1.165, 1.54) is 0 Å². The monoisotopic (exact) mass is 343 g/mol. The number of amides is 2. The fourth-order valence-corrected chi connectivity index (χ4v) is 2.90. The lowest BCUT2D eigenvalue weighted by Gasteiger charge is -2.17. The molecule has 0 spiro atoms. The van der Waals surface area contributed by atoms with Gasteiger partial charge < -0.3 is 19.5 Å². The van der Waals surface area contributed by atoms with Crippen molar-refractivity contribution >= 4 is 17.5 Å². The molecule has 1 atom stereocenters. The molecule has 2 heterocycles. The highest BCUT2D eigenvalue weighted by Crippen LogP contribution is 2.27. The van der Waals surface area contributed by atoms with E-state index in [0.29, 0.717) is 24.7 Å². The van der Waals surface area contributed by atoms with E-state index in [4.69, 9.17) is 4.74 Å². The third kappa shape index (κ3) is 3.62. The molecule has 0 saturated carbocycles. The van der Waals surface area contributed by atoms with Gasteiger partial charge in [0.2, 0.25) is 11.8 Å². The number of nitrogens with zero attached hydrogens (tertiary/aromatic N) is 4. The quantitative estimate of drug-likeness (QED) is 0.844. The van der Waals surface area contributed by atoms with Gasteiger partial charge in [-0.3, -0.25) is 9.59 Å². The maximum absolute atomic E-state index is 12.4. The molecule has 1 saturated heterocycles. The average Bonchev–Trinajstić information content (AvgIpc) is 3.25. The Kier molecular flexibility index (Phi) is 4.97. The highest BCUT2D eigenvalue weighted by Gasteiger charge is 2.35. The number of carbonyl (C=O) groups is 2. The largest absolute Gasteiger partial charge is 0.497 e. The summed E-state index contributed by atoms with van der Waals surface area (Å²) in [7, 11) is 1.58.